The van der Waals surface area contributed by atoms with Crippen molar-refractivity contribution in [2.75, 3.05) is 0 Å². The molecule has 6 heteroatoms. The van der Waals surface area contributed by atoms with Gasteiger partial charge < -0.3 is 5.11 Å². The van der Waals surface area contributed by atoms with E-state index in [9.17, 15) is 14.7 Å². The molecule has 0 bridgehead atoms. The molecule has 4 nitrogen and oxygen atoms in total. The van der Waals surface area contributed by atoms with Gasteiger partial charge in [-0.3, -0.25) is 9.69 Å². The van der Waals surface area contributed by atoms with Gasteiger partial charge in [-0.25, -0.2) is 4.79 Å². The van der Waals surface area contributed by atoms with E-state index >= 15 is 0 Å². The van der Waals surface area contributed by atoms with Crippen LogP contribution in [0.2, 0.25) is 10.0 Å². The van der Waals surface area contributed by atoms with Crippen molar-refractivity contribution in [1.29, 1.82) is 0 Å². The summed E-state index contributed by atoms with van der Waals surface area (Å²) in [6.45, 7) is 5.68. The average Bonchev–Trinajstić information content (AvgIpc) is 2.74. The van der Waals surface area contributed by atoms with E-state index in [1.807, 2.05) is 20.8 Å². The number of halogens is 2. The number of hydrogen-bond donors (Lipinski definition) is 1. The first-order valence-electron chi connectivity index (χ1n) is 7.69. The second kappa shape index (κ2) is 6.33. The molecule has 0 saturated carbocycles. The van der Waals surface area contributed by atoms with Crippen LogP contribution in [0.1, 0.15) is 56.8 Å². The van der Waals surface area contributed by atoms with E-state index in [-0.39, 0.29) is 5.78 Å². The lowest BCUT2D eigenvalue weighted by atomic mass is 9.83. The number of hydrogen-bond acceptors (Lipinski definition) is 2. The highest BCUT2D eigenvalue weighted by Gasteiger charge is 2.56. The van der Waals surface area contributed by atoms with E-state index < -0.39 is 17.2 Å². The minimum Gasteiger partial charge on any atom is -0.465 e. The first-order chi connectivity index (χ1) is 10.7. The number of carboxylic acid groups (broad SMARTS) is 1. The molecule has 0 aliphatic carbocycles. The zero-order valence-electron chi connectivity index (χ0n) is 13.5. The second-order valence-corrected chi connectivity index (χ2v) is 7.48. The van der Waals surface area contributed by atoms with Crippen LogP contribution in [-0.4, -0.2) is 33.0 Å². The number of carbonyl (C=O) groups is 2. The Kier molecular flexibility index (Phi) is 4.97. The highest BCUT2D eigenvalue weighted by atomic mass is 35.5. The quantitative estimate of drug-likeness (QED) is 0.746. The molecule has 1 aromatic carbocycles. The molecule has 1 aliphatic rings. The van der Waals surface area contributed by atoms with Crippen molar-refractivity contribution >= 4 is 35.1 Å². The van der Waals surface area contributed by atoms with Gasteiger partial charge in [-0.1, -0.05) is 36.5 Å². The predicted octanol–water partition coefficient (Wildman–Crippen LogP) is 5.27. The predicted molar refractivity (Wildman–Crippen MR) is 91.6 cm³/mol. The SMILES string of the molecule is CCCC1(C(=O)c2ccc(Cl)c(Cl)c2)CCC(C)(C)N1C(=O)O. The Balaban J connectivity index is 2.54. The van der Waals surface area contributed by atoms with E-state index in [0.29, 0.717) is 41.3 Å². The van der Waals surface area contributed by atoms with Crippen molar-refractivity contribution in [2.24, 2.45) is 0 Å². The Morgan fingerprint density at radius 2 is 1.87 bits per heavy atom. The van der Waals surface area contributed by atoms with E-state index in [1.54, 1.807) is 12.1 Å². The highest BCUT2D eigenvalue weighted by Crippen LogP contribution is 2.45. The fourth-order valence-corrected chi connectivity index (χ4v) is 3.94. The third-order valence-corrected chi connectivity index (χ3v) is 5.38. The number of rotatable bonds is 4. The molecular weight excluding hydrogens is 337 g/mol. The van der Waals surface area contributed by atoms with Gasteiger partial charge in [0.1, 0.15) is 5.54 Å². The summed E-state index contributed by atoms with van der Waals surface area (Å²) in [5, 5.41) is 10.4. The first kappa shape index (κ1) is 18.1. The molecule has 1 aliphatic heterocycles. The summed E-state index contributed by atoms with van der Waals surface area (Å²) < 4.78 is 0. The number of nitrogens with zero attached hydrogens (tertiary/aromatic N) is 1. The Labute approximate surface area is 146 Å². The molecule has 1 aromatic rings. The lowest BCUT2D eigenvalue weighted by Crippen LogP contribution is -2.58. The van der Waals surface area contributed by atoms with Gasteiger partial charge in [0.05, 0.1) is 10.0 Å². The molecule has 23 heavy (non-hydrogen) atoms. The summed E-state index contributed by atoms with van der Waals surface area (Å²) in [6.07, 6.45) is 1.30. The fourth-order valence-electron chi connectivity index (χ4n) is 3.64. The zero-order chi connectivity index (χ0) is 17.4. The third kappa shape index (κ3) is 3.07. The number of ketones is 1. The second-order valence-electron chi connectivity index (χ2n) is 6.67. The van der Waals surface area contributed by atoms with Crippen LogP contribution in [0.3, 0.4) is 0 Å². The Bertz CT molecular complexity index is 645. The Morgan fingerprint density at radius 1 is 1.22 bits per heavy atom. The van der Waals surface area contributed by atoms with E-state index in [0.717, 1.165) is 0 Å². The lowest BCUT2D eigenvalue weighted by Gasteiger charge is -2.41. The number of likely N-dealkylation sites (tertiary alicyclic amines) is 1. The van der Waals surface area contributed by atoms with Gasteiger partial charge in [0.25, 0.3) is 0 Å². The van der Waals surface area contributed by atoms with Gasteiger partial charge >= 0.3 is 6.09 Å². The molecule has 1 amide bonds. The normalized spacial score (nSPS) is 23.1. The third-order valence-electron chi connectivity index (χ3n) is 4.64. The van der Waals surface area contributed by atoms with Crippen LogP contribution in [0.25, 0.3) is 0 Å². The summed E-state index contributed by atoms with van der Waals surface area (Å²) in [7, 11) is 0. The molecule has 1 saturated heterocycles. The first-order valence-corrected chi connectivity index (χ1v) is 8.44. The summed E-state index contributed by atoms with van der Waals surface area (Å²) in [4.78, 5) is 26.5. The van der Waals surface area contributed by atoms with Crippen molar-refractivity contribution in [1.82, 2.24) is 4.90 Å². The van der Waals surface area contributed by atoms with Crippen LogP contribution < -0.4 is 0 Å². The number of Topliss-reactive ketones (excluding diaryl/α,β-unsaturated/α-hetero) is 1. The number of amides is 1. The summed E-state index contributed by atoms with van der Waals surface area (Å²) >= 11 is 11.9. The molecular formula is C17H21Cl2NO3. The summed E-state index contributed by atoms with van der Waals surface area (Å²) in [5.41, 5.74) is -1.22. The largest absolute Gasteiger partial charge is 0.465 e. The van der Waals surface area contributed by atoms with E-state index in [2.05, 4.69) is 0 Å². The summed E-state index contributed by atoms with van der Waals surface area (Å²) in [5.74, 6) is -0.203. The molecule has 0 spiro atoms. The van der Waals surface area contributed by atoms with Crippen molar-refractivity contribution in [3.8, 4) is 0 Å². The van der Waals surface area contributed by atoms with Gasteiger partial charge in [0.15, 0.2) is 5.78 Å². The smallest absolute Gasteiger partial charge is 0.408 e. The van der Waals surface area contributed by atoms with Gasteiger partial charge in [0.2, 0.25) is 0 Å². The summed E-state index contributed by atoms with van der Waals surface area (Å²) in [6, 6.07) is 4.70. The average molecular weight is 358 g/mol. The molecule has 126 valence electrons. The molecule has 0 aromatic heterocycles. The maximum absolute atomic E-state index is 13.2. The maximum Gasteiger partial charge on any atom is 0.408 e. The zero-order valence-corrected chi connectivity index (χ0v) is 15.0. The lowest BCUT2D eigenvalue weighted by molar-refractivity contribution is 0.0392. The van der Waals surface area contributed by atoms with Gasteiger partial charge in [-0.05, 0) is 51.3 Å². The van der Waals surface area contributed by atoms with Crippen LogP contribution in [0.4, 0.5) is 4.79 Å². The van der Waals surface area contributed by atoms with E-state index in [4.69, 9.17) is 23.2 Å². The van der Waals surface area contributed by atoms with Gasteiger partial charge in [0, 0.05) is 11.1 Å². The topological polar surface area (TPSA) is 57.6 Å². The van der Waals surface area contributed by atoms with Crippen LogP contribution in [0.5, 0.6) is 0 Å². The van der Waals surface area contributed by atoms with Gasteiger partial charge in [-0.2, -0.15) is 0 Å². The van der Waals surface area contributed by atoms with Crippen molar-refractivity contribution in [3.63, 3.8) is 0 Å². The van der Waals surface area contributed by atoms with Crippen LogP contribution in [0.15, 0.2) is 18.2 Å². The van der Waals surface area contributed by atoms with Crippen molar-refractivity contribution in [2.45, 2.75) is 57.5 Å². The monoisotopic (exact) mass is 357 g/mol. The molecule has 1 N–H and O–H groups in total. The molecule has 2 rings (SSSR count). The minimum absolute atomic E-state index is 0.203. The molecule has 1 heterocycles. The van der Waals surface area contributed by atoms with Crippen LogP contribution >= 0.6 is 23.2 Å². The number of benzene rings is 1. The minimum atomic E-state index is -1.06. The number of carbonyl (C=O) groups excluding carboxylic acids is 1. The standard InChI is InChI=1S/C17H21Cl2NO3/c1-4-7-17(9-8-16(2,3)20(17)15(22)23)14(21)11-5-6-12(18)13(19)10-11/h5-6,10H,4,7-9H2,1-3H3,(H,22,23). The van der Waals surface area contributed by atoms with E-state index in [1.165, 1.54) is 11.0 Å². The molecule has 1 fully saturated rings. The Hall–Kier alpha value is -1.26. The van der Waals surface area contributed by atoms with Gasteiger partial charge in [-0.15, -0.1) is 0 Å². The van der Waals surface area contributed by atoms with Crippen LogP contribution in [0, 0.1) is 0 Å². The molecule has 1 atom stereocenters. The van der Waals surface area contributed by atoms with Crippen molar-refractivity contribution in [3.05, 3.63) is 33.8 Å². The molecule has 1 unspecified atom stereocenters. The van der Waals surface area contributed by atoms with Crippen LogP contribution in [-0.2, 0) is 0 Å². The molecule has 0 radical (unpaired) electrons. The fraction of sp³-hybridized carbons (Fsp3) is 0.529. The van der Waals surface area contributed by atoms with Crippen molar-refractivity contribution < 1.29 is 14.7 Å². The highest BCUT2D eigenvalue weighted by molar-refractivity contribution is 6.42. The Morgan fingerprint density at radius 3 is 2.39 bits per heavy atom. The maximum atomic E-state index is 13.2.